The summed E-state index contributed by atoms with van der Waals surface area (Å²) in [5.74, 6) is 1.93. The number of allylic oxidation sites excluding steroid dienone is 1. The summed E-state index contributed by atoms with van der Waals surface area (Å²) < 4.78 is 11.1. The first-order valence-corrected chi connectivity index (χ1v) is 6.25. The van der Waals surface area contributed by atoms with Crippen LogP contribution < -0.4 is 9.47 Å². The Balaban J connectivity index is 2.18. The molecule has 0 saturated heterocycles. The van der Waals surface area contributed by atoms with Crippen molar-refractivity contribution >= 4 is 0 Å². The van der Waals surface area contributed by atoms with Crippen molar-refractivity contribution in [2.45, 2.75) is 32.6 Å². The van der Waals surface area contributed by atoms with E-state index in [1.54, 1.807) is 7.11 Å². The van der Waals surface area contributed by atoms with Gasteiger partial charge in [-0.3, -0.25) is 0 Å². The second-order valence-electron chi connectivity index (χ2n) is 4.51. The van der Waals surface area contributed by atoms with E-state index in [1.807, 2.05) is 12.1 Å². The van der Waals surface area contributed by atoms with Crippen molar-refractivity contribution in [3.8, 4) is 11.5 Å². The molecule has 0 unspecified atom stereocenters. The highest BCUT2D eigenvalue weighted by Crippen LogP contribution is 2.27. The fraction of sp³-hybridized carbons (Fsp3) is 0.467. The molecule has 0 aliphatic carbocycles. The van der Waals surface area contributed by atoms with Gasteiger partial charge in [-0.15, -0.1) is 0 Å². The van der Waals surface area contributed by atoms with Crippen LogP contribution in [0.5, 0.6) is 11.5 Å². The van der Waals surface area contributed by atoms with E-state index < -0.39 is 0 Å². The van der Waals surface area contributed by atoms with Crippen molar-refractivity contribution < 1.29 is 9.47 Å². The zero-order valence-corrected chi connectivity index (χ0v) is 10.7. The van der Waals surface area contributed by atoms with E-state index in [0.29, 0.717) is 0 Å². The van der Waals surface area contributed by atoms with Crippen LogP contribution in [0.3, 0.4) is 0 Å². The molecule has 1 heterocycles. The fourth-order valence-corrected chi connectivity index (χ4v) is 2.15. The van der Waals surface area contributed by atoms with Crippen molar-refractivity contribution in [2.24, 2.45) is 0 Å². The first kappa shape index (κ1) is 12.0. The predicted octanol–water partition coefficient (Wildman–Crippen LogP) is 3.75. The minimum absolute atomic E-state index is 0.761. The Hall–Kier alpha value is -1.44. The molecule has 1 aliphatic heterocycles. The average molecular weight is 232 g/mol. The van der Waals surface area contributed by atoms with Crippen LogP contribution in [-0.4, -0.2) is 13.7 Å². The Kier molecular flexibility index (Phi) is 4.08. The SMILES string of the molecule is COc1ccc2c(c1)CCC/C(C)=C\CCO2. The highest BCUT2D eigenvalue weighted by Gasteiger charge is 2.07. The smallest absolute Gasteiger partial charge is 0.122 e. The molecule has 1 aromatic carbocycles. The van der Waals surface area contributed by atoms with Crippen LogP contribution in [0, 0.1) is 0 Å². The summed E-state index contributed by atoms with van der Waals surface area (Å²) in [5.41, 5.74) is 2.74. The van der Waals surface area contributed by atoms with Crippen LogP contribution in [0.4, 0.5) is 0 Å². The number of hydrogen-bond donors (Lipinski definition) is 0. The molecule has 1 aromatic rings. The van der Waals surface area contributed by atoms with E-state index in [-0.39, 0.29) is 0 Å². The lowest BCUT2D eigenvalue weighted by molar-refractivity contribution is 0.319. The van der Waals surface area contributed by atoms with Gasteiger partial charge in [-0.25, -0.2) is 0 Å². The third-order valence-electron chi connectivity index (χ3n) is 3.15. The summed E-state index contributed by atoms with van der Waals surface area (Å²) >= 11 is 0. The standard InChI is InChI=1S/C15H20O2/c1-12-5-3-7-13-11-14(16-2)8-9-15(13)17-10-4-6-12/h6,8-9,11H,3-5,7,10H2,1-2H3/b12-6-. The van der Waals surface area contributed by atoms with Gasteiger partial charge in [-0.2, -0.15) is 0 Å². The lowest BCUT2D eigenvalue weighted by atomic mass is 10.0. The largest absolute Gasteiger partial charge is 0.497 e. The van der Waals surface area contributed by atoms with Gasteiger partial charge in [-0.1, -0.05) is 11.6 Å². The molecule has 0 amide bonds. The maximum absolute atomic E-state index is 5.81. The molecule has 92 valence electrons. The number of methoxy groups -OCH3 is 1. The Labute approximate surface area is 103 Å². The number of ether oxygens (including phenoxy) is 2. The molecule has 0 aromatic heterocycles. The molecule has 0 radical (unpaired) electrons. The Morgan fingerprint density at radius 1 is 1.24 bits per heavy atom. The van der Waals surface area contributed by atoms with Crippen LogP contribution in [0.15, 0.2) is 29.8 Å². The molecular formula is C15H20O2. The maximum Gasteiger partial charge on any atom is 0.122 e. The number of rotatable bonds is 1. The Morgan fingerprint density at radius 2 is 2.12 bits per heavy atom. The normalized spacial score (nSPS) is 19.5. The lowest BCUT2D eigenvalue weighted by Crippen LogP contribution is -2.02. The van der Waals surface area contributed by atoms with Crippen molar-refractivity contribution in [1.82, 2.24) is 0 Å². The van der Waals surface area contributed by atoms with E-state index in [1.165, 1.54) is 24.0 Å². The quantitative estimate of drug-likeness (QED) is 0.687. The summed E-state index contributed by atoms with van der Waals surface area (Å²) in [4.78, 5) is 0. The second-order valence-corrected chi connectivity index (χ2v) is 4.51. The molecule has 2 rings (SSSR count). The van der Waals surface area contributed by atoms with Gasteiger partial charge < -0.3 is 9.47 Å². The summed E-state index contributed by atoms with van der Waals surface area (Å²) in [6.45, 7) is 2.96. The third kappa shape index (κ3) is 3.26. The molecule has 2 heteroatoms. The first-order chi connectivity index (χ1) is 8.29. The van der Waals surface area contributed by atoms with Crippen molar-refractivity contribution in [3.05, 3.63) is 35.4 Å². The van der Waals surface area contributed by atoms with Crippen LogP contribution >= 0.6 is 0 Å². The van der Waals surface area contributed by atoms with Gasteiger partial charge in [0.1, 0.15) is 11.5 Å². The van der Waals surface area contributed by atoms with Crippen LogP contribution in [-0.2, 0) is 6.42 Å². The molecule has 1 aliphatic rings. The van der Waals surface area contributed by atoms with Gasteiger partial charge in [0.05, 0.1) is 13.7 Å². The van der Waals surface area contributed by atoms with Gasteiger partial charge >= 0.3 is 0 Å². The van der Waals surface area contributed by atoms with E-state index in [9.17, 15) is 0 Å². The van der Waals surface area contributed by atoms with Crippen LogP contribution in [0.25, 0.3) is 0 Å². The molecule has 0 N–H and O–H groups in total. The summed E-state index contributed by atoms with van der Waals surface area (Å²) in [7, 11) is 1.70. The van der Waals surface area contributed by atoms with Gasteiger partial charge in [0.15, 0.2) is 0 Å². The average Bonchev–Trinajstić information content (AvgIpc) is 2.36. The zero-order chi connectivity index (χ0) is 12.1. The molecule has 17 heavy (non-hydrogen) atoms. The Bertz CT molecular complexity index is 407. The number of aryl methyl sites for hydroxylation is 1. The van der Waals surface area contributed by atoms with Crippen molar-refractivity contribution in [1.29, 1.82) is 0 Å². The van der Waals surface area contributed by atoms with Crippen LogP contribution in [0.1, 0.15) is 31.7 Å². The number of hydrogen-bond acceptors (Lipinski definition) is 2. The highest BCUT2D eigenvalue weighted by atomic mass is 16.5. The van der Waals surface area contributed by atoms with Crippen LogP contribution in [0.2, 0.25) is 0 Å². The molecule has 0 atom stereocenters. The van der Waals surface area contributed by atoms with Crippen molar-refractivity contribution in [3.63, 3.8) is 0 Å². The van der Waals surface area contributed by atoms with Gasteiger partial charge in [0, 0.05) is 0 Å². The topological polar surface area (TPSA) is 18.5 Å². The minimum Gasteiger partial charge on any atom is -0.497 e. The summed E-state index contributed by atoms with van der Waals surface area (Å²) in [6, 6.07) is 6.08. The molecule has 0 fully saturated rings. The highest BCUT2D eigenvalue weighted by molar-refractivity contribution is 5.40. The second kappa shape index (κ2) is 5.76. The van der Waals surface area contributed by atoms with E-state index in [0.717, 1.165) is 30.9 Å². The van der Waals surface area contributed by atoms with E-state index in [2.05, 4.69) is 19.1 Å². The van der Waals surface area contributed by atoms with E-state index >= 15 is 0 Å². The number of benzene rings is 1. The third-order valence-corrected chi connectivity index (χ3v) is 3.15. The van der Waals surface area contributed by atoms with Gasteiger partial charge in [0.25, 0.3) is 0 Å². The lowest BCUT2D eigenvalue weighted by Gasteiger charge is -2.14. The fourth-order valence-electron chi connectivity index (χ4n) is 2.15. The predicted molar refractivity (Wildman–Crippen MR) is 69.8 cm³/mol. The summed E-state index contributed by atoms with van der Waals surface area (Å²) in [5, 5.41) is 0. The molecule has 0 bridgehead atoms. The zero-order valence-electron chi connectivity index (χ0n) is 10.7. The molecule has 0 spiro atoms. The van der Waals surface area contributed by atoms with Gasteiger partial charge in [-0.05, 0) is 56.4 Å². The monoisotopic (exact) mass is 232 g/mol. The summed E-state index contributed by atoms with van der Waals surface area (Å²) in [6.07, 6.45) is 6.69. The Morgan fingerprint density at radius 3 is 2.94 bits per heavy atom. The number of fused-ring (bicyclic) bond motifs is 1. The first-order valence-electron chi connectivity index (χ1n) is 6.25. The van der Waals surface area contributed by atoms with Gasteiger partial charge in [0.2, 0.25) is 0 Å². The minimum atomic E-state index is 0.761. The van der Waals surface area contributed by atoms with Crippen molar-refractivity contribution in [2.75, 3.05) is 13.7 Å². The molecular weight excluding hydrogens is 212 g/mol. The van der Waals surface area contributed by atoms with E-state index in [4.69, 9.17) is 9.47 Å². The molecule has 2 nitrogen and oxygen atoms in total. The molecule has 0 saturated carbocycles. The maximum atomic E-state index is 5.81.